The lowest BCUT2D eigenvalue weighted by molar-refractivity contribution is 0.371. The minimum absolute atomic E-state index is 0.0491. The van der Waals surface area contributed by atoms with Crippen LogP contribution < -0.4 is 0 Å². The van der Waals surface area contributed by atoms with E-state index in [4.69, 9.17) is 34.8 Å². The zero-order chi connectivity index (χ0) is 13.2. The SMILES string of the molecule is CC(C)N(CCCl)S(=O)(=O)c1cc(Cl)sc1Cl. The summed E-state index contributed by atoms with van der Waals surface area (Å²) in [6.45, 7) is 3.81. The van der Waals surface area contributed by atoms with Crippen molar-refractivity contribution in [2.24, 2.45) is 0 Å². The molecule has 0 radical (unpaired) electrons. The Balaban J connectivity index is 3.21. The lowest BCUT2D eigenvalue weighted by Gasteiger charge is -2.24. The van der Waals surface area contributed by atoms with E-state index in [2.05, 4.69) is 0 Å². The lowest BCUT2D eigenvalue weighted by atomic mass is 10.4. The molecular formula is C9H12Cl3NO2S2. The van der Waals surface area contributed by atoms with Crippen LogP contribution >= 0.6 is 46.1 Å². The molecule has 17 heavy (non-hydrogen) atoms. The van der Waals surface area contributed by atoms with Crippen LogP contribution in [-0.2, 0) is 10.0 Å². The highest BCUT2D eigenvalue weighted by molar-refractivity contribution is 7.89. The fourth-order valence-electron chi connectivity index (χ4n) is 1.37. The Kier molecular flexibility index (Phi) is 5.56. The Morgan fingerprint density at radius 1 is 1.41 bits per heavy atom. The van der Waals surface area contributed by atoms with Gasteiger partial charge in [0.2, 0.25) is 10.0 Å². The van der Waals surface area contributed by atoms with Crippen LogP contribution in [-0.4, -0.2) is 31.2 Å². The third-order valence-electron chi connectivity index (χ3n) is 2.09. The predicted molar refractivity (Wildman–Crippen MR) is 74.1 cm³/mol. The van der Waals surface area contributed by atoms with Crippen molar-refractivity contribution in [3.8, 4) is 0 Å². The fourth-order valence-corrected chi connectivity index (χ4v) is 5.40. The van der Waals surface area contributed by atoms with E-state index in [1.807, 2.05) is 0 Å². The molecule has 0 fully saturated rings. The van der Waals surface area contributed by atoms with Crippen molar-refractivity contribution in [2.75, 3.05) is 12.4 Å². The van der Waals surface area contributed by atoms with Crippen molar-refractivity contribution in [1.82, 2.24) is 4.31 Å². The van der Waals surface area contributed by atoms with Crippen molar-refractivity contribution < 1.29 is 8.42 Å². The van der Waals surface area contributed by atoms with E-state index in [9.17, 15) is 8.42 Å². The number of nitrogens with zero attached hydrogens (tertiary/aromatic N) is 1. The molecule has 0 saturated carbocycles. The maximum absolute atomic E-state index is 12.3. The molecule has 3 nitrogen and oxygen atoms in total. The van der Waals surface area contributed by atoms with Gasteiger partial charge in [0.15, 0.2) is 0 Å². The maximum atomic E-state index is 12.3. The van der Waals surface area contributed by atoms with Gasteiger partial charge in [0.25, 0.3) is 0 Å². The Morgan fingerprint density at radius 2 is 2.00 bits per heavy atom. The monoisotopic (exact) mass is 335 g/mol. The fraction of sp³-hybridized carbons (Fsp3) is 0.556. The number of hydrogen-bond acceptors (Lipinski definition) is 3. The Hall–Kier alpha value is 0.480. The number of hydrogen-bond donors (Lipinski definition) is 0. The van der Waals surface area contributed by atoms with Crippen LogP contribution in [0.3, 0.4) is 0 Å². The zero-order valence-electron chi connectivity index (χ0n) is 9.28. The van der Waals surface area contributed by atoms with E-state index >= 15 is 0 Å². The van der Waals surface area contributed by atoms with Crippen LogP contribution in [0, 0.1) is 0 Å². The van der Waals surface area contributed by atoms with Crippen LogP contribution in [0.1, 0.15) is 13.8 Å². The van der Waals surface area contributed by atoms with Gasteiger partial charge in [-0.1, -0.05) is 23.2 Å². The quantitative estimate of drug-likeness (QED) is 0.769. The van der Waals surface area contributed by atoms with Crippen LogP contribution in [0.15, 0.2) is 11.0 Å². The molecule has 0 N–H and O–H groups in total. The third kappa shape index (κ3) is 3.49. The Bertz CT molecular complexity index is 484. The molecule has 0 aromatic carbocycles. The first-order chi connectivity index (χ1) is 7.80. The summed E-state index contributed by atoms with van der Waals surface area (Å²) in [6.07, 6.45) is 0. The molecule has 0 atom stereocenters. The number of thiophene rings is 1. The van der Waals surface area contributed by atoms with Crippen molar-refractivity contribution in [2.45, 2.75) is 24.8 Å². The molecular weight excluding hydrogens is 325 g/mol. The van der Waals surface area contributed by atoms with E-state index in [-0.39, 0.29) is 27.7 Å². The largest absolute Gasteiger partial charge is 0.245 e. The van der Waals surface area contributed by atoms with Crippen LogP contribution in [0.25, 0.3) is 0 Å². The lowest BCUT2D eigenvalue weighted by Crippen LogP contribution is -2.38. The number of rotatable bonds is 5. The predicted octanol–water partition coefficient (Wildman–Crippen LogP) is 3.69. The van der Waals surface area contributed by atoms with Gasteiger partial charge in [-0.25, -0.2) is 8.42 Å². The first kappa shape index (κ1) is 15.5. The van der Waals surface area contributed by atoms with Gasteiger partial charge in [0.05, 0.1) is 4.34 Å². The van der Waals surface area contributed by atoms with Gasteiger partial charge in [-0.3, -0.25) is 0 Å². The first-order valence-corrected chi connectivity index (χ1v) is 8.38. The molecule has 1 aromatic rings. The summed E-state index contributed by atoms with van der Waals surface area (Å²) in [5, 5.41) is 0. The zero-order valence-corrected chi connectivity index (χ0v) is 13.2. The molecule has 0 saturated heterocycles. The average Bonchev–Trinajstić information content (AvgIpc) is 2.54. The van der Waals surface area contributed by atoms with Crippen LogP contribution in [0.4, 0.5) is 0 Å². The molecule has 0 aliphatic rings. The van der Waals surface area contributed by atoms with Gasteiger partial charge in [-0.05, 0) is 19.9 Å². The van der Waals surface area contributed by atoms with Gasteiger partial charge in [0, 0.05) is 18.5 Å². The van der Waals surface area contributed by atoms with Crippen molar-refractivity contribution in [3.05, 3.63) is 14.7 Å². The van der Waals surface area contributed by atoms with Gasteiger partial charge >= 0.3 is 0 Å². The van der Waals surface area contributed by atoms with E-state index in [0.29, 0.717) is 4.34 Å². The Labute approximate surface area is 120 Å². The first-order valence-electron chi connectivity index (χ1n) is 4.83. The van der Waals surface area contributed by atoms with E-state index in [1.54, 1.807) is 13.8 Å². The van der Waals surface area contributed by atoms with Gasteiger partial charge < -0.3 is 0 Å². The van der Waals surface area contributed by atoms with E-state index in [0.717, 1.165) is 11.3 Å². The summed E-state index contributed by atoms with van der Waals surface area (Å²) < 4.78 is 26.5. The third-order valence-corrected chi connectivity index (χ3v) is 6.09. The highest BCUT2D eigenvalue weighted by Crippen LogP contribution is 2.36. The summed E-state index contributed by atoms with van der Waals surface area (Å²) >= 11 is 18.3. The summed E-state index contributed by atoms with van der Waals surface area (Å²) in [4.78, 5) is 0.0491. The van der Waals surface area contributed by atoms with Crippen molar-refractivity contribution >= 4 is 56.2 Å². The molecule has 1 aromatic heterocycles. The minimum Gasteiger partial charge on any atom is -0.207 e. The number of halogens is 3. The second-order valence-corrected chi connectivity index (χ2v) is 8.11. The van der Waals surface area contributed by atoms with Crippen molar-refractivity contribution in [1.29, 1.82) is 0 Å². The molecule has 0 unspecified atom stereocenters. The molecule has 1 heterocycles. The Morgan fingerprint density at radius 3 is 2.35 bits per heavy atom. The molecule has 0 bridgehead atoms. The van der Waals surface area contributed by atoms with Crippen molar-refractivity contribution in [3.63, 3.8) is 0 Å². The molecule has 0 aliphatic heterocycles. The minimum atomic E-state index is -3.63. The highest BCUT2D eigenvalue weighted by Gasteiger charge is 2.29. The summed E-state index contributed by atoms with van der Waals surface area (Å²) in [5.74, 6) is 0.229. The highest BCUT2D eigenvalue weighted by atomic mass is 35.5. The summed E-state index contributed by atoms with van der Waals surface area (Å²) in [6, 6.07) is 1.18. The molecule has 8 heteroatoms. The van der Waals surface area contributed by atoms with Gasteiger partial charge in [0.1, 0.15) is 9.23 Å². The smallest absolute Gasteiger partial charge is 0.207 e. The maximum Gasteiger partial charge on any atom is 0.245 e. The standard InChI is InChI=1S/C9H12Cl3NO2S2/c1-6(2)13(4-3-10)17(14,15)7-5-8(11)16-9(7)12/h5-6H,3-4H2,1-2H3. The average molecular weight is 337 g/mol. The molecule has 1 rings (SSSR count). The molecule has 0 spiro atoms. The normalized spacial score (nSPS) is 12.6. The van der Waals surface area contributed by atoms with Gasteiger partial charge in [-0.15, -0.1) is 22.9 Å². The van der Waals surface area contributed by atoms with E-state index in [1.165, 1.54) is 10.4 Å². The van der Waals surface area contributed by atoms with E-state index < -0.39 is 10.0 Å². The van der Waals surface area contributed by atoms with Gasteiger partial charge in [-0.2, -0.15) is 4.31 Å². The number of sulfonamides is 1. The number of alkyl halides is 1. The summed E-state index contributed by atoms with van der Waals surface area (Å²) in [5.41, 5.74) is 0. The molecule has 0 aliphatic carbocycles. The van der Waals surface area contributed by atoms with Crippen LogP contribution in [0.5, 0.6) is 0 Å². The molecule has 0 amide bonds. The second-order valence-electron chi connectivity index (χ2n) is 3.59. The van der Waals surface area contributed by atoms with Crippen LogP contribution in [0.2, 0.25) is 8.67 Å². The topological polar surface area (TPSA) is 37.4 Å². The summed E-state index contributed by atoms with van der Waals surface area (Å²) in [7, 11) is -3.63. The molecule has 98 valence electrons. The second kappa shape index (κ2) is 6.08.